The predicted molar refractivity (Wildman–Crippen MR) is 67.6 cm³/mol. The Balaban J connectivity index is 2.56. The lowest BCUT2D eigenvalue weighted by Gasteiger charge is -2.17. The Kier molecular flexibility index (Phi) is 4.99. The molecule has 0 spiro atoms. The van der Waals surface area contributed by atoms with Crippen LogP contribution in [0.1, 0.15) is 30.6 Å². The number of carbonyl (C=O) groups excluding carboxylic acids is 1. The van der Waals surface area contributed by atoms with E-state index in [0.717, 1.165) is 19.6 Å². The zero-order chi connectivity index (χ0) is 12.0. The minimum absolute atomic E-state index is 0.130. The fourth-order valence-electron chi connectivity index (χ4n) is 1.69. The van der Waals surface area contributed by atoms with Crippen LogP contribution in [-0.2, 0) is 0 Å². The van der Waals surface area contributed by atoms with Gasteiger partial charge < -0.3 is 10.6 Å². The highest BCUT2D eigenvalue weighted by Crippen LogP contribution is 2.13. The molecule has 1 rings (SSSR count). The Morgan fingerprint density at radius 2 is 1.88 bits per heavy atom. The molecule has 0 saturated heterocycles. The second kappa shape index (κ2) is 6.28. The maximum Gasteiger partial charge on any atom is 0.166 e. The number of ketones is 1. The van der Waals surface area contributed by atoms with Crippen molar-refractivity contribution in [2.24, 2.45) is 0 Å². The van der Waals surface area contributed by atoms with Crippen LogP contribution in [0.3, 0.4) is 0 Å². The van der Waals surface area contributed by atoms with Gasteiger partial charge in [-0.15, -0.1) is 0 Å². The van der Waals surface area contributed by atoms with Crippen molar-refractivity contribution in [1.29, 1.82) is 0 Å². The summed E-state index contributed by atoms with van der Waals surface area (Å²) < 4.78 is 0. The number of hydrogen-bond donors (Lipinski definition) is 1. The van der Waals surface area contributed by atoms with Crippen LogP contribution in [0.5, 0.6) is 0 Å². The van der Waals surface area contributed by atoms with E-state index in [1.807, 2.05) is 12.1 Å². The third-order valence-corrected chi connectivity index (χ3v) is 2.81. The summed E-state index contributed by atoms with van der Waals surface area (Å²) in [6.07, 6.45) is 0.538. The highest BCUT2D eigenvalue weighted by atomic mass is 16.1. The molecule has 3 nitrogen and oxygen atoms in total. The van der Waals surface area contributed by atoms with Gasteiger partial charge >= 0.3 is 0 Å². The molecule has 0 radical (unpaired) electrons. The molecule has 0 amide bonds. The maximum absolute atomic E-state index is 11.9. The molecule has 0 atom stereocenters. The van der Waals surface area contributed by atoms with Gasteiger partial charge in [-0.05, 0) is 25.2 Å². The molecule has 88 valence electrons. The first-order chi connectivity index (χ1) is 7.69. The molecule has 1 aromatic rings. The summed E-state index contributed by atoms with van der Waals surface area (Å²) in [6.45, 7) is 6.97. The average molecular weight is 220 g/mol. The third-order valence-electron chi connectivity index (χ3n) is 2.81. The van der Waals surface area contributed by atoms with Gasteiger partial charge in [0.15, 0.2) is 5.78 Å². The van der Waals surface area contributed by atoms with Gasteiger partial charge in [0.05, 0.1) is 0 Å². The van der Waals surface area contributed by atoms with Gasteiger partial charge in [0, 0.05) is 24.2 Å². The molecule has 2 N–H and O–H groups in total. The van der Waals surface area contributed by atoms with Crippen LogP contribution < -0.4 is 5.73 Å². The Morgan fingerprint density at radius 3 is 2.44 bits per heavy atom. The molecule has 0 aliphatic carbocycles. The Bertz CT molecular complexity index is 346. The molecule has 0 fully saturated rings. The first-order valence-corrected chi connectivity index (χ1v) is 5.79. The number of para-hydroxylation sites is 1. The number of Topliss-reactive ketones (excluding diaryl/α,β-unsaturated/α-hetero) is 1. The van der Waals surface area contributed by atoms with Gasteiger partial charge in [0.1, 0.15) is 0 Å². The number of hydrogen-bond acceptors (Lipinski definition) is 3. The molecule has 1 aromatic carbocycles. The average Bonchev–Trinajstić information content (AvgIpc) is 2.30. The van der Waals surface area contributed by atoms with Gasteiger partial charge in [0.25, 0.3) is 0 Å². The van der Waals surface area contributed by atoms with E-state index < -0.39 is 0 Å². The molecule has 0 aliphatic heterocycles. The Morgan fingerprint density at radius 1 is 1.25 bits per heavy atom. The van der Waals surface area contributed by atoms with Gasteiger partial charge in [-0.3, -0.25) is 4.79 Å². The number of benzene rings is 1. The van der Waals surface area contributed by atoms with E-state index >= 15 is 0 Å². The lowest BCUT2D eigenvalue weighted by Crippen LogP contribution is -2.25. The number of nitrogen functional groups attached to an aromatic ring is 1. The van der Waals surface area contributed by atoms with Crippen molar-refractivity contribution in [3.05, 3.63) is 29.8 Å². The van der Waals surface area contributed by atoms with Crippen molar-refractivity contribution >= 4 is 11.5 Å². The zero-order valence-electron chi connectivity index (χ0n) is 10.1. The standard InChI is InChI=1S/C13H20N2O/c1-3-15(4-2)10-9-13(16)11-7-5-6-8-12(11)14/h5-8H,3-4,9-10,14H2,1-2H3. The van der Waals surface area contributed by atoms with Crippen LogP contribution in [0.25, 0.3) is 0 Å². The first-order valence-electron chi connectivity index (χ1n) is 5.79. The quantitative estimate of drug-likeness (QED) is 0.590. The molecule has 0 heterocycles. The van der Waals surface area contributed by atoms with Crippen LogP contribution in [0.15, 0.2) is 24.3 Å². The topological polar surface area (TPSA) is 46.3 Å². The highest BCUT2D eigenvalue weighted by Gasteiger charge is 2.10. The zero-order valence-corrected chi connectivity index (χ0v) is 10.1. The van der Waals surface area contributed by atoms with Crippen LogP contribution >= 0.6 is 0 Å². The summed E-state index contributed by atoms with van der Waals surface area (Å²) in [5.74, 6) is 0.130. The van der Waals surface area contributed by atoms with Crippen molar-refractivity contribution in [3.8, 4) is 0 Å². The van der Waals surface area contributed by atoms with Gasteiger partial charge in [-0.1, -0.05) is 26.0 Å². The van der Waals surface area contributed by atoms with Gasteiger partial charge in [-0.2, -0.15) is 0 Å². The summed E-state index contributed by atoms with van der Waals surface area (Å²) in [6, 6.07) is 7.25. The lowest BCUT2D eigenvalue weighted by molar-refractivity contribution is 0.0967. The van der Waals surface area contributed by atoms with E-state index in [9.17, 15) is 4.79 Å². The molecular weight excluding hydrogens is 200 g/mol. The first kappa shape index (κ1) is 12.7. The van der Waals surface area contributed by atoms with Crippen LogP contribution in [0.4, 0.5) is 5.69 Å². The molecular formula is C13H20N2O. The summed E-state index contributed by atoms with van der Waals surface area (Å²) in [4.78, 5) is 14.1. The smallest absolute Gasteiger partial charge is 0.166 e. The molecule has 3 heteroatoms. The van der Waals surface area contributed by atoms with Gasteiger partial charge in [0.2, 0.25) is 0 Å². The fraction of sp³-hybridized carbons (Fsp3) is 0.462. The van der Waals surface area contributed by atoms with Crippen LogP contribution in [-0.4, -0.2) is 30.3 Å². The van der Waals surface area contributed by atoms with Crippen LogP contribution in [0.2, 0.25) is 0 Å². The third kappa shape index (κ3) is 3.35. The molecule has 0 aromatic heterocycles. The highest BCUT2D eigenvalue weighted by molar-refractivity contribution is 6.00. The van der Waals surface area contributed by atoms with E-state index in [0.29, 0.717) is 17.7 Å². The second-order valence-electron chi connectivity index (χ2n) is 3.79. The predicted octanol–water partition coefficient (Wildman–Crippen LogP) is 2.18. The fourth-order valence-corrected chi connectivity index (χ4v) is 1.69. The Hall–Kier alpha value is -1.35. The minimum Gasteiger partial charge on any atom is -0.398 e. The monoisotopic (exact) mass is 220 g/mol. The molecule has 0 unspecified atom stereocenters. The SMILES string of the molecule is CCN(CC)CCC(=O)c1ccccc1N. The second-order valence-corrected chi connectivity index (χ2v) is 3.79. The molecule has 0 aliphatic rings. The van der Waals surface area contributed by atoms with Crippen LogP contribution in [0, 0.1) is 0 Å². The van der Waals surface area contributed by atoms with Crippen molar-refractivity contribution in [3.63, 3.8) is 0 Å². The molecule has 16 heavy (non-hydrogen) atoms. The van der Waals surface area contributed by atoms with Gasteiger partial charge in [-0.25, -0.2) is 0 Å². The maximum atomic E-state index is 11.9. The summed E-state index contributed by atoms with van der Waals surface area (Å²) in [5, 5.41) is 0. The van der Waals surface area contributed by atoms with E-state index in [1.54, 1.807) is 12.1 Å². The molecule has 0 saturated carbocycles. The van der Waals surface area contributed by atoms with E-state index in [2.05, 4.69) is 18.7 Å². The Labute approximate surface area is 97.2 Å². The number of nitrogens with zero attached hydrogens (tertiary/aromatic N) is 1. The largest absolute Gasteiger partial charge is 0.398 e. The number of nitrogens with two attached hydrogens (primary N) is 1. The molecule has 0 bridgehead atoms. The lowest BCUT2D eigenvalue weighted by atomic mass is 10.1. The summed E-state index contributed by atoms with van der Waals surface area (Å²) in [5.41, 5.74) is 6.98. The van der Waals surface area contributed by atoms with E-state index in [4.69, 9.17) is 5.73 Å². The number of carbonyl (C=O) groups is 1. The van der Waals surface area contributed by atoms with E-state index in [-0.39, 0.29) is 5.78 Å². The van der Waals surface area contributed by atoms with E-state index in [1.165, 1.54) is 0 Å². The van der Waals surface area contributed by atoms with Crippen molar-refractivity contribution in [2.75, 3.05) is 25.4 Å². The summed E-state index contributed by atoms with van der Waals surface area (Å²) >= 11 is 0. The normalized spacial score (nSPS) is 10.7. The minimum atomic E-state index is 0.130. The number of rotatable bonds is 6. The van der Waals surface area contributed by atoms with Crippen molar-refractivity contribution < 1.29 is 4.79 Å². The summed E-state index contributed by atoms with van der Waals surface area (Å²) in [7, 11) is 0. The van der Waals surface area contributed by atoms with Crippen molar-refractivity contribution in [2.45, 2.75) is 20.3 Å². The number of anilines is 1. The van der Waals surface area contributed by atoms with Crippen molar-refractivity contribution in [1.82, 2.24) is 4.90 Å².